The summed E-state index contributed by atoms with van der Waals surface area (Å²) in [4.78, 5) is 13.5. The normalized spacial score (nSPS) is 13.7. The molecule has 0 amide bonds. The van der Waals surface area contributed by atoms with Crippen molar-refractivity contribution in [3.63, 3.8) is 0 Å². The minimum Gasteiger partial charge on any atom is -0.493 e. The van der Waals surface area contributed by atoms with Crippen LogP contribution in [-0.4, -0.2) is 10.1 Å². The molecule has 0 aliphatic heterocycles. The summed E-state index contributed by atoms with van der Waals surface area (Å²) in [5, 5.41) is 9.22. The standard InChI is InChI=1S/C9H13NO2S/c1-3-6(2)4-5-7-8(11)10-9(12)13-7/h4-6,11H,3H2,1-2H3,(H,10,12)/b5-4-. The summed E-state index contributed by atoms with van der Waals surface area (Å²) in [6.07, 6.45) is 4.82. The van der Waals surface area contributed by atoms with Crippen molar-refractivity contribution in [2.24, 2.45) is 5.92 Å². The number of aromatic nitrogens is 1. The average Bonchev–Trinajstić information content (AvgIpc) is 2.41. The van der Waals surface area contributed by atoms with E-state index in [1.54, 1.807) is 6.08 Å². The van der Waals surface area contributed by atoms with E-state index >= 15 is 0 Å². The molecule has 0 fully saturated rings. The Morgan fingerprint density at radius 2 is 2.38 bits per heavy atom. The molecule has 3 nitrogen and oxygen atoms in total. The molecule has 0 radical (unpaired) electrons. The lowest BCUT2D eigenvalue weighted by molar-refractivity contribution is 0.455. The molecule has 0 saturated heterocycles. The van der Waals surface area contributed by atoms with Gasteiger partial charge in [0.15, 0.2) is 0 Å². The van der Waals surface area contributed by atoms with E-state index in [1.165, 1.54) is 0 Å². The van der Waals surface area contributed by atoms with Gasteiger partial charge in [-0.15, -0.1) is 0 Å². The van der Waals surface area contributed by atoms with Crippen LogP contribution in [0.4, 0.5) is 0 Å². The number of hydrogen-bond acceptors (Lipinski definition) is 3. The first-order valence-electron chi connectivity index (χ1n) is 4.23. The highest BCUT2D eigenvalue weighted by molar-refractivity contribution is 7.10. The maximum Gasteiger partial charge on any atom is 0.307 e. The minimum atomic E-state index is -0.221. The molecular weight excluding hydrogens is 186 g/mol. The van der Waals surface area contributed by atoms with Gasteiger partial charge in [-0.25, -0.2) is 0 Å². The van der Waals surface area contributed by atoms with Crippen molar-refractivity contribution < 1.29 is 5.11 Å². The predicted octanol–water partition coefficient (Wildman–Crippen LogP) is 2.20. The van der Waals surface area contributed by atoms with Crippen molar-refractivity contribution in [1.29, 1.82) is 0 Å². The van der Waals surface area contributed by atoms with Gasteiger partial charge in [-0.2, -0.15) is 0 Å². The third-order valence-corrected chi connectivity index (χ3v) is 2.71. The maximum atomic E-state index is 10.8. The van der Waals surface area contributed by atoms with Crippen molar-refractivity contribution in [2.75, 3.05) is 0 Å². The van der Waals surface area contributed by atoms with Crippen molar-refractivity contribution in [1.82, 2.24) is 4.98 Å². The first-order valence-corrected chi connectivity index (χ1v) is 5.05. The van der Waals surface area contributed by atoms with E-state index in [-0.39, 0.29) is 10.8 Å². The summed E-state index contributed by atoms with van der Waals surface area (Å²) < 4.78 is 0. The Balaban J connectivity index is 2.79. The van der Waals surface area contributed by atoms with Crippen molar-refractivity contribution in [3.05, 3.63) is 20.6 Å². The van der Waals surface area contributed by atoms with Gasteiger partial charge in [0.25, 0.3) is 0 Å². The number of H-pyrrole nitrogens is 1. The maximum absolute atomic E-state index is 10.8. The molecule has 1 unspecified atom stereocenters. The molecule has 0 spiro atoms. The lowest BCUT2D eigenvalue weighted by Crippen LogP contribution is -1.89. The summed E-state index contributed by atoms with van der Waals surface area (Å²) in [5.41, 5.74) is 0. The van der Waals surface area contributed by atoms with Crippen molar-refractivity contribution in [2.45, 2.75) is 20.3 Å². The number of aromatic hydroxyl groups is 1. The van der Waals surface area contributed by atoms with Gasteiger partial charge in [0.05, 0.1) is 4.88 Å². The Bertz CT molecular complexity index is 351. The van der Waals surface area contributed by atoms with Gasteiger partial charge in [0.1, 0.15) is 0 Å². The molecule has 2 N–H and O–H groups in total. The van der Waals surface area contributed by atoms with Gasteiger partial charge < -0.3 is 5.11 Å². The Hall–Kier alpha value is -1.03. The average molecular weight is 199 g/mol. The van der Waals surface area contributed by atoms with Crippen LogP contribution in [0.1, 0.15) is 25.1 Å². The summed E-state index contributed by atoms with van der Waals surface area (Å²) >= 11 is 1.02. The predicted molar refractivity (Wildman–Crippen MR) is 55.1 cm³/mol. The molecule has 0 bridgehead atoms. The van der Waals surface area contributed by atoms with Crippen LogP contribution < -0.4 is 4.87 Å². The molecule has 1 rings (SSSR count). The zero-order valence-corrected chi connectivity index (χ0v) is 8.52. The van der Waals surface area contributed by atoms with E-state index in [4.69, 9.17) is 0 Å². The fourth-order valence-electron chi connectivity index (χ4n) is 0.833. The first-order chi connectivity index (χ1) is 6.13. The van der Waals surface area contributed by atoms with Gasteiger partial charge in [-0.05, 0) is 12.0 Å². The van der Waals surface area contributed by atoms with E-state index in [0.717, 1.165) is 17.8 Å². The number of aromatic amines is 1. The van der Waals surface area contributed by atoms with Crippen LogP contribution in [0.5, 0.6) is 5.88 Å². The lowest BCUT2D eigenvalue weighted by atomic mass is 10.1. The second kappa shape index (κ2) is 4.28. The number of allylic oxidation sites excluding steroid dienone is 1. The molecule has 0 aromatic carbocycles. The fraction of sp³-hybridized carbons (Fsp3) is 0.444. The van der Waals surface area contributed by atoms with Crippen LogP contribution in [0.25, 0.3) is 6.08 Å². The SMILES string of the molecule is CCC(C)/C=C\c1sc(=O)[nH]c1O. The molecule has 1 atom stereocenters. The van der Waals surface area contributed by atoms with Gasteiger partial charge >= 0.3 is 4.87 Å². The summed E-state index contributed by atoms with van der Waals surface area (Å²) in [7, 11) is 0. The van der Waals surface area contributed by atoms with Crippen molar-refractivity contribution >= 4 is 17.4 Å². The van der Waals surface area contributed by atoms with Crippen LogP contribution in [-0.2, 0) is 0 Å². The molecule has 1 heterocycles. The molecule has 1 aromatic heterocycles. The Kier molecular flexibility index (Phi) is 3.31. The van der Waals surface area contributed by atoms with Gasteiger partial charge in [-0.3, -0.25) is 9.78 Å². The minimum absolute atomic E-state index is 0.0328. The quantitative estimate of drug-likeness (QED) is 0.784. The van der Waals surface area contributed by atoms with Crippen LogP contribution in [0.2, 0.25) is 0 Å². The van der Waals surface area contributed by atoms with Crippen LogP contribution in [0.15, 0.2) is 10.9 Å². The molecule has 13 heavy (non-hydrogen) atoms. The van der Waals surface area contributed by atoms with Crippen LogP contribution in [0, 0.1) is 5.92 Å². The Morgan fingerprint density at radius 1 is 1.69 bits per heavy atom. The van der Waals surface area contributed by atoms with Crippen molar-refractivity contribution in [3.8, 4) is 5.88 Å². The van der Waals surface area contributed by atoms with Crippen LogP contribution >= 0.6 is 11.3 Å². The summed E-state index contributed by atoms with van der Waals surface area (Å²) in [5.74, 6) is 0.436. The van der Waals surface area contributed by atoms with Crippen LogP contribution in [0.3, 0.4) is 0 Å². The van der Waals surface area contributed by atoms with Gasteiger partial charge in [-0.1, -0.05) is 37.7 Å². The van der Waals surface area contributed by atoms with Gasteiger partial charge in [0, 0.05) is 0 Å². The molecule has 1 aromatic rings. The zero-order chi connectivity index (χ0) is 9.84. The smallest absolute Gasteiger partial charge is 0.307 e. The van der Waals surface area contributed by atoms with E-state index in [1.807, 2.05) is 6.08 Å². The first kappa shape index (κ1) is 10.1. The Morgan fingerprint density at radius 3 is 2.85 bits per heavy atom. The zero-order valence-electron chi connectivity index (χ0n) is 7.70. The largest absolute Gasteiger partial charge is 0.493 e. The topological polar surface area (TPSA) is 53.1 Å². The number of nitrogens with one attached hydrogen (secondary N) is 1. The highest BCUT2D eigenvalue weighted by Gasteiger charge is 2.02. The molecule has 0 saturated carbocycles. The summed E-state index contributed by atoms with van der Waals surface area (Å²) in [6.45, 7) is 4.18. The molecule has 0 aliphatic carbocycles. The van der Waals surface area contributed by atoms with Gasteiger partial charge in [0.2, 0.25) is 5.88 Å². The highest BCUT2D eigenvalue weighted by Crippen LogP contribution is 2.18. The van der Waals surface area contributed by atoms with E-state index in [0.29, 0.717) is 10.8 Å². The van der Waals surface area contributed by atoms with E-state index < -0.39 is 0 Å². The second-order valence-electron chi connectivity index (χ2n) is 2.97. The highest BCUT2D eigenvalue weighted by atomic mass is 32.1. The second-order valence-corrected chi connectivity index (χ2v) is 3.99. The third kappa shape index (κ3) is 2.73. The molecule has 0 aliphatic rings. The third-order valence-electron chi connectivity index (χ3n) is 1.88. The number of rotatable bonds is 3. The Labute approximate surface area is 80.7 Å². The van der Waals surface area contributed by atoms with E-state index in [9.17, 15) is 9.90 Å². The summed E-state index contributed by atoms with van der Waals surface area (Å²) in [6, 6.07) is 0. The molecule has 72 valence electrons. The monoisotopic (exact) mass is 199 g/mol. The fourth-order valence-corrected chi connectivity index (χ4v) is 1.47. The molecule has 4 heteroatoms. The number of thiazole rings is 1. The van der Waals surface area contributed by atoms with E-state index in [2.05, 4.69) is 18.8 Å². The lowest BCUT2D eigenvalue weighted by Gasteiger charge is -1.97. The number of hydrogen-bond donors (Lipinski definition) is 2. The molecular formula is C9H13NO2S.